The molecule has 0 N–H and O–H groups in total. The number of Topliss-reactive ketones (excluding diaryl/α,β-unsaturated/α-hetero) is 1. The number of ketones is 1. The minimum absolute atomic E-state index is 0.0769. The highest BCUT2D eigenvalue weighted by Crippen LogP contribution is 2.34. The van der Waals surface area contributed by atoms with E-state index in [1.54, 1.807) is 13.0 Å². The Bertz CT molecular complexity index is 480. The Morgan fingerprint density at radius 2 is 1.93 bits per heavy atom. The molecule has 1 aromatic rings. The van der Waals surface area contributed by atoms with E-state index in [2.05, 4.69) is 0 Å². The maximum absolute atomic E-state index is 11.8. The lowest BCUT2D eigenvalue weighted by atomic mass is 9.76. The van der Waals surface area contributed by atoms with Gasteiger partial charge in [-0.2, -0.15) is 0 Å². The SMILES string of the molecule is Cc1cc2c(oc1=O)CC(C)(C)CC2=O. The van der Waals surface area contributed by atoms with E-state index in [1.807, 2.05) is 13.8 Å². The first kappa shape index (κ1) is 10.1. The zero-order valence-electron chi connectivity index (χ0n) is 9.22. The van der Waals surface area contributed by atoms with Crippen molar-refractivity contribution in [2.24, 2.45) is 5.41 Å². The minimum Gasteiger partial charge on any atom is -0.427 e. The molecule has 1 heterocycles. The van der Waals surface area contributed by atoms with Crippen molar-refractivity contribution < 1.29 is 9.21 Å². The van der Waals surface area contributed by atoms with Crippen molar-refractivity contribution in [3.63, 3.8) is 0 Å². The predicted octanol–water partition coefficient (Wildman–Crippen LogP) is 2.10. The van der Waals surface area contributed by atoms with Gasteiger partial charge in [-0.1, -0.05) is 13.8 Å². The van der Waals surface area contributed by atoms with Gasteiger partial charge in [-0.3, -0.25) is 4.79 Å². The molecule has 1 aliphatic carbocycles. The highest BCUT2D eigenvalue weighted by atomic mass is 16.4. The average molecular weight is 206 g/mol. The number of fused-ring (bicyclic) bond motifs is 1. The van der Waals surface area contributed by atoms with E-state index in [4.69, 9.17) is 4.42 Å². The van der Waals surface area contributed by atoms with Gasteiger partial charge in [0.1, 0.15) is 5.76 Å². The van der Waals surface area contributed by atoms with Crippen LogP contribution < -0.4 is 5.63 Å². The van der Waals surface area contributed by atoms with Crippen molar-refractivity contribution >= 4 is 5.78 Å². The maximum Gasteiger partial charge on any atom is 0.338 e. The highest BCUT2D eigenvalue weighted by molar-refractivity contribution is 5.98. The van der Waals surface area contributed by atoms with Crippen LogP contribution in [0.5, 0.6) is 0 Å². The molecular weight excluding hydrogens is 192 g/mol. The summed E-state index contributed by atoms with van der Waals surface area (Å²) in [7, 11) is 0. The fourth-order valence-electron chi connectivity index (χ4n) is 2.00. The predicted molar refractivity (Wildman–Crippen MR) is 56.1 cm³/mol. The third-order valence-corrected chi connectivity index (χ3v) is 2.78. The third kappa shape index (κ3) is 1.74. The van der Waals surface area contributed by atoms with Crippen LogP contribution >= 0.6 is 0 Å². The van der Waals surface area contributed by atoms with Gasteiger partial charge in [-0.05, 0) is 18.4 Å². The molecule has 0 radical (unpaired) electrons. The summed E-state index contributed by atoms with van der Waals surface area (Å²) in [5.41, 5.74) is 0.655. The molecule has 1 aromatic heterocycles. The summed E-state index contributed by atoms with van der Waals surface area (Å²) >= 11 is 0. The van der Waals surface area contributed by atoms with E-state index in [0.717, 1.165) is 0 Å². The fourth-order valence-corrected chi connectivity index (χ4v) is 2.00. The average Bonchev–Trinajstić information content (AvgIpc) is 2.07. The van der Waals surface area contributed by atoms with Gasteiger partial charge < -0.3 is 4.42 Å². The molecule has 1 aliphatic rings. The number of aryl methyl sites for hydroxylation is 1. The molecule has 15 heavy (non-hydrogen) atoms. The fraction of sp³-hybridized carbons (Fsp3) is 0.500. The first-order valence-corrected chi connectivity index (χ1v) is 5.06. The largest absolute Gasteiger partial charge is 0.427 e. The lowest BCUT2D eigenvalue weighted by Gasteiger charge is -2.28. The molecular formula is C12H14O3. The number of carbonyl (C=O) groups is 1. The monoisotopic (exact) mass is 206 g/mol. The second-order valence-corrected chi connectivity index (χ2v) is 4.99. The molecule has 3 heteroatoms. The van der Waals surface area contributed by atoms with Crippen LogP contribution in [-0.2, 0) is 6.42 Å². The topological polar surface area (TPSA) is 47.3 Å². The van der Waals surface area contributed by atoms with E-state index >= 15 is 0 Å². The van der Waals surface area contributed by atoms with E-state index in [-0.39, 0.29) is 16.8 Å². The molecule has 0 atom stereocenters. The minimum atomic E-state index is -0.334. The van der Waals surface area contributed by atoms with E-state index in [1.165, 1.54) is 0 Å². The van der Waals surface area contributed by atoms with Crippen LogP contribution in [0.2, 0.25) is 0 Å². The lowest BCUT2D eigenvalue weighted by molar-refractivity contribution is 0.0897. The quantitative estimate of drug-likeness (QED) is 0.653. The zero-order chi connectivity index (χ0) is 11.2. The molecule has 0 fully saturated rings. The number of carbonyl (C=O) groups excluding carboxylic acids is 1. The molecule has 0 saturated heterocycles. The standard InChI is InChI=1S/C12H14O3/c1-7-4-8-9(13)5-12(2,3)6-10(8)15-11(7)14/h4H,5-6H2,1-3H3. The smallest absolute Gasteiger partial charge is 0.338 e. The Morgan fingerprint density at radius 1 is 1.27 bits per heavy atom. The summed E-state index contributed by atoms with van der Waals surface area (Å²) < 4.78 is 5.16. The summed E-state index contributed by atoms with van der Waals surface area (Å²) in [5, 5.41) is 0. The van der Waals surface area contributed by atoms with Gasteiger partial charge in [-0.15, -0.1) is 0 Å². The summed E-state index contributed by atoms with van der Waals surface area (Å²) in [6.07, 6.45) is 1.18. The molecule has 3 nitrogen and oxygen atoms in total. The highest BCUT2D eigenvalue weighted by Gasteiger charge is 2.33. The molecule has 0 aromatic carbocycles. The van der Waals surface area contributed by atoms with Crippen molar-refractivity contribution in [2.75, 3.05) is 0 Å². The van der Waals surface area contributed by atoms with Gasteiger partial charge in [0.15, 0.2) is 5.78 Å². The molecule has 0 bridgehead atoms. The van der Waals surface area contributed by atoms with E-state index in [0.29, 0.717) is 29.7 Å². The van der Waals surface area contributed by atoms with Gasteiger partial charge >= 0.3 is 5.63 Å². The first-order chi connectivity index (χ1) is 6.89. The van der Waals surface area contributed by atoms with Crippen LogP contribution in [0.25, 0.3) is 0 Å². The second-order valence-electron chi connectivity index (χ2n) is 4.99. The van der Waals surface area contributed by atoms with Gasteiger partial charge in [-0.25, -0.2) is 4.79 Å². The van der Waals surface area contributed by atoms with Crippen LogP contribution in [0.4, 0.5) is 0 Å². The summed E-state index contributed by atoms with van der Waals surface area (Å²) in [6, 6.07) is 1.65. The Balaban J connectivity index is 2.61. The van der Waals surface area contributed by atoms with Crippen molar-refractivity contribution in [3.8, 4) is 0 Å². The molecule has 0 unspecified atom stereocenters. The third-order valence-electron chi connectivity index (χ3n) is 2.78. The lowest BCUT2D eigenvalue weighted by Crippen LogP contribution is -2.28. The van der Waals surface area contributed by atoms with Crippen LogP contribution in [0.1, 0.15) is 41.9 Å². The maximum atomic E-state index is 11.8. The van der Waals surface area contributed by atoms with Gasteiger partial charge in [0.2, 0.25) is 0 Å². The number of hydrogen-bond donors (Lipinski definition) is 0. The molecule has 0 amide bonds. The van der Waals surface area contributed by atoms with E-state index in [9.17, 15) is 9.59 Å². The normalized spacial score (nSPS) is 18.7. The van der Waals surface area contributed by atoms with Gasteiger partial charge in [0.05, 0.1) is 5.56 Å². The zero-order valence-corrected chi connectivity index (χ0v) is 9.22. The van der Waals surface area contributed by atoms with E-state index < -0.39 is 0 Å². The van der Waals surface area contributed by atoms with Gasteiger partial charge in [0, 0.05) is 18.4 Å². The number of rotatable bonds is 0. The Labute approximate surface area is 88.1 Å². The second kappa shape index (κ2) is 3.05. The summed E-state index contributed by atoms with van der Waals surface area (Å²) in [5.74, 6) is 0.625. The Hall–Kier alpha value is -1.38. The van der Waals surface area contributed by atoms with Crippen LogP contribution in [0.15, 0.2) is 15.3 Å². The molecule has 0 saturated carbocycles. The molecule has 0 spiro atoms. The summed E-state index contributed by atoms with van der Waals surface area (Å²) in [6.45, 7) is 5.68. The van der Waals surface area contributed by atoms with Crippen LogP contribution in [0.3, 0.4) is 0 Å². The Morgan fingerprint density at radius 3 is 2.60 bits per heavy atom. The van der Waals surface area contributed by atoms with Crippen molar-refractivity contribution in [3.05, 3.63) is 33.4 Å². The molecule has 80 valence electrons. The van der Waals surface area contributed by atoms with Crippen LogP contribution in [0, 0.1) is 12.3 Å². The number of hydrogen-bond acceptors (Lipinski definition) is 3. The first-order valence-electron chi connectivity index (χ1n) is 5.06. The van der Waals surface area contributed by atoms with Crippen molar-refractivity contribution in [1.29, 1.82) is 0 Å². The van der Waals surface area contributed by atoms with Crippen LogP contribution in [-0.4, -0.2) is 5.78 Å². The molecule has 2 rings (SSSR count). The van der Waals surface area contributed by atoms with Crippen molar-refractivity contribution in [1.82, 2.24) is 0 Å². The molecule has 0 aliphatic heterocycles. The van der Waals surface area contributed by atoms with Crippen molar-refractivity contribution in [2.45, 2.75) is 33.6 Å². The Kier molecular flexibility index (Phi) is 2.07. The summed E-state index contributed by atoms with van der Waals surface area (Å²) in [4.78, 5) is 23.1. The van der Waals surface area contributed by atoms with Gasteiger partial charge in [0.25, 0.3) is 0 Å².